The Morgan fingerprint density at radius 2 is 1.75 bits per heavy atom. The van der Waals surface area contributed by atoms with Gasteiger partial charge in [0.25, 0.3) is 0 Å². The van der Waals surface area contributed by atoms with Crippen molar-refractivity contribution in [2.45, 2.75) is 13.8 Å². The fraction of sp³-hybridized carbons (Fsp3) is 0.118. The van der Waals surface area contributed by atoms with Crippen LogP contribution in [0.4, 0.5) is 5.88 Å². The van der Waals surface area contributed by atoms with Crippen LogP contribution in [0.25, 0.3) is 22.4 Å². The second kappa shape index (κ2) is 4.85. The molecule has 2 N–H and O–H groups in total. The first-order chi connectivity index (χ1) is 9.66. The maximum atomic E-state index is 5.97. The summed E-state index contributed by atoms with van der Waals surface area (Å²) in [4.78, 5) is 0. The largest absolute Gasteiger partial charge is 0.367 e. The first-order valence-electron chi connectivity index (χ1n) is 6.55. The molecule has 0 radical (unpaired) electrons. The van der Waals surface area contributed by atoms with Crippen LogP contribution < -0.4 is 5.73 Å². The monoisotopic (exact) mass is 264 g/mol. The lowest BCUT2D eigenvalue weighted by Gasteiger charge is -2.07. The quantitative estimate of drug-likeness (QED) is 0.754. The van der Waals surface area contributed by atoms with Crippen molar-refractivity contribution in [3.63, 3.8) is 0 Å². The number of benzene rings is 2. The summed E-state index contributed by atoms with van der Waals surface area (Å²) in [5.74, 6) is 0.354. The first-order valence-corrected chi connectivity index (χ1v) is 6.55. The van der Waals surface area contributed by atoms with Gasteiger partial charge >= 0.3 is 0 Å². The van der Waals surface area contributed by atoms with Crippen LogP contribution in [0, 0.1) is 13.8 Å². The smallest absolute Gasteiger partial charge is 0.230 e. The standard InChI is InChI=1S/C17H16N2O/c1-11-8-9-12(2)14(10-11)16-15(17(18)20-19-16)13-6-4-3-5-7-13/h3-10H,18H2,1-2H3. The van der Waals surface area contributed by atoms with E-state index in [2.05, 4.69) is 37.2 Å². The molecule has 20 heavy (non-hydrogen) atoms. The molecule has 3 nitrogen and oxygen atoms in total. The highest BCUT2D eigenvalue weighted by atomic mass is 16.5. The molecule has 0 aliphatic heterocycles. The fourth-order valence-corrected chi connectivity index (χ4v) is 2.36. The summed E-state index contributed by atoms with van der Waals surface area (Å²) in [5, 5.41) is 4.16. The third kappa shape index (κ3) is 2.07. The van der Waals surface area contributed by atoms with Gasteiger partial charge in [-0.15, -0.1) is 0 Å². The molecule has 0 spiro atoms. The van der Waals surface area contributed by atoms with E-state index in [1.807, 2.05) is 30.3 Å². The predicted octanol–water partition coefficient (Wildman–Crippen LogP) is 4.21. The summed E-state index contributed by atoms with van der Waals surface area (Å²) in [7, 11) is 0. The molecule has 1 heterocycles. The molecule has 0 saturated heterocycles. The van der Waals surface area contributed by atoms with Crippen molar-refractivity contribution in [2.75, 3.05) is 5.73 Å². The molecule has 3 heteroatoms. The van der Waals surface area contributed by atoms with Gasteiger partial charge in [-0.05, 0) is 31.0 Å². The van der Waals surface area contributed by atoms with Gasteiger partial charge in [0.2, 0.25) is 5.88 Å². The normalized spacial score (nSPS) is 10.7. The van der Waals surface area contributed by atoms with E-state index in [9.17, 15) is 0 Å². The molecule has 3 aromatic rings. The lowest BCUT2D eigenvalue weighted by atomic mass is 9.97. The SMILES string of the molecule is Cc1ccc(C)c(-c2noc(N)c2-c2ccccc2)c1. The van der Waals surface area contributed by atoms with Gasteiger partial charge in [0.05, 0.1) is 5.56 Å². The van der Waals surface area contributed by atoms with Gasteiger partial charge in [-0.2, -0.15) is 0 Å². The van der Waals surface area contributed by atoms with Crippen molar-refractivity contribution in [3.05, 3.63) is 59.7 Å². The first kappa shape index (κ1) is 12.5. The van der Waals surface area contributed by atoms with Crippen LogP contribution in [0.15, 0.2) is 53.1 Å². The molecule has 0 fully saturated rings. The van der Waals surface area contributed by atoms with Gasteiger partial charge in [-0.25, -0.2) is 0 Å². The highest BCUT2D eigenvalue weighted by Gasteiger charge is 2.18. The summed E-state index contributed by atoms with van der Waals surface area (Å²) in [6.45, 7) is 4.13. The molecule has 100 valence electrons. The van der Waals surface area contributed by atoms with Crippen LogP contribution in [0.1, 0.15) is 11.1 Å². The Hall–Kier alpha value is -2.55. The average molecular weight is 264 g/mol. The maximum absolute atomic E-state index is 5.97. The fourth-order valence-electron chi connectivity index (χ4n) is 2.36. The number of nitrogens with two attached hydrogens (primary N) is 1. The molecule has 0 saturated carbocycles. The number of rotatable bonds is 2. The van der Waals surface area contributed by atoms with Crippen LogP contribution in [0.5, 0.6) is 0 Å². The van der Waals surface area contributed by atoms with Crippen molar-refractivity contribution >= 4 is 5.88 Å². The summed E-state index contributed by atoms with van der Waals surface area (Å²) >= 11 is 0. The Kier molecular flexibility index (Phi) is 3.03. The van der Waals surface area contributed by atoms with Crippen LogP contribution in [0.3, 0.4) is 0 Å². The van der Waals surface area contributed by atoms with E-state index in [1.165, 1.54) is 5.56 Å². The van der Waals surface area contributed by atoms with E-state index in [4.69, 9.17) is 10.3 Å². The number of hydrogen-bond donors (Lipinski definition) is 1. The summed E-state index contributed by atoms with van der Waals surface area (Å²) in [5.41, 5.74) is 12.0. The molecule has 1 aromatic heterocycles. The molecule has 2 aromatic carbocycles. The van der Waals surface area contributed by atoms with Crippen molar-refractivity contribution in [3.8, 4) is 22.4 Å². The van der Waals surface area contributed by atoms with Crippen molar-refractivity contribution in [2.24, 2.45) is 0 Å². The third-order valence-corrected chi connectivity index (χ3v) is 3.43. The summed E-state index contributed by atoms with van der Waals surface area (Å²) < 4.78 is 5.23. The zero-order valence-corrected chi connectivity index (χ0v) is 11.6. The van der Waals surface area contributed by atoms with E-state index in [0.717, 1.165) is 27.9 Å². The molecule has 0 unspecified atom stereocenters. The molecule has 0 bridgehead atoms. The average Bonchev–Trinajstić information content (AvgIpc) is 2.84. The molecule has 3 rings (SSSR count). The number of aryl methyl sites for hydroxylation is 2. The minimum Gasteiger partial charge on any atom is -0.367 e. The van der Waals surface area contributed by atoms with E-state index < -0.39 is 0 Å². The van der Waals surface area contributed by atoms with E-state index in [0.29, 0.717) is 5.88 Å². The lowest BCUT2D eigenvalue weighted by Crippen LogP contribution is -1.90. The molecular formula is C17H16N2O. The van der Waals surface area contributed by atoms with E-state index in [-0.39, 0.29) is 0 Å². The van der Waals surface area contributed by atoms with Gasteiger partial charge in [-0.3, -0.25) is 0 Å². The second-order valence-corrected chi connectivity index (χ2v) is 4.95. The number of hydrogen-bond acceptors (Lipinski definition) is 3. The second-order valence-electron chi connectivity index (χ2n) is 4.95. The Morgan fingerprint density at radius 1 is 1.00 bits per heavy atom. The number of nitrogens with zero attached hydrogens (tertiary/aromatic N) is 1. The van der Waals surface area contributed by atoms with Gasteiger partial charge in [0, 0.05) is 5.56 Å². The Morgan fingerprint density at radius 3 is 2.50 bits per heavy atom. The van der Waals surface area contributed by atoms with Crippen molar-refractivity contribution < 1.29 is 4.52 Å². The van der Waals surface area contributed by atoms with Gasteiger partial charge in [0.15, 0.2) is 0 Å². The van der Waals surface area contributed by atoms with Crippen LogP contribution in [-0.4, -0.2) is 5.16 Å². The maximum Gasteiger partial charge on any atom is 0.230 e. The van der Waals surface area contributed by atoms with Gasteiger partial charge in [0.1, 0.15) is 5.69 Å². The number of nitrogen functional groups attached to an aromatic ring is 1. The number of anilines is 1. The zero-order chi connectivity index (χ0) is 14.1. The minimum absolute atomic E-state index is 0.354. The molecule has 0 aliphatic carbocycles. The van der Waals surface area contributed by atoms with E-state index in [1.54, 1.807) is 0 Å². The van der Waals surface area contributed by atoms with Gasteiger partial charge in [-0.1, -0.05) is 53.2 Å². The highest BCUT2D eigenvalue weighted by molar-refractivity contribution is 5.87. The molecular weight excluding hydrogens is 248 g/mol. The van der Waals surface area contributed by atoms with Crippen molar-refractivity contribution in [1.29, 1.82) is 0 Å². The Balaban J connectivity index is 2.24. The summed E-state index contributed by atoms with van der Waals surface area (Å²) in [6.07, 6.45) is 0. The number of aromatic nitrogens is 1. The Bertz CT molecular complexity index is 745. The molecule has 0 atom stereocenters. The van der Waals surface area contributed by atoms with Crippen LogP contribution in [-0.2, 0) is 0 Å². The van der Waals surface area contributed by atoms with Gasteiger partial charge < -0.3 is 10.3 Å². The molecule has 0 amide bonds. The molecule has 0 aliphatic rings. The Labute approximate surface area is 118 Å². The highest BCUT2D eigenvalue weighted by Crippen LogP contribution is 2.37. The third-order valence-electron chi connectivity index (χ3n) is 3.43. The summed E-state index contributed by atoms with van der Waals surface area (Å²) in [6, 6.07) is 16.2. The van der Waals surface area contributed by atoms with E-state index >= 15 is 0 Å². The van der Waals surface area contributed by atoms with Crippen LogP contribution in [0.2, 0.25) is 0 Å². The zero-order valence-electron chi connectivity index (χ0n) is 11.6. The predicted molar refractivity (Wildman–Crippen MR) is 81.3 cm³/mol. The lowest BCUT2D eigenvalue weighted by molar-refractivity contribution is 0.439. The van der Waals surface area contributed by atoms with Crippen molar-refractivity contribution in [1.82, 2.24) is 5.16 Å². The minimum atomic E-state index is 0.354. The topological polar surface area (TPSA) is 52.0 Å². The van der Waals surface area contributed by atoms with Crippen LogP contribution >= 0.6 is 0 Å².